The molecule has 0 aliphatic carbocycles. The summed E-state index contributed by atoms with van der Waals surface area (Å²) in [5.74, 6) is -11.0. The van der Waals surface area contributed by atoms with Gasteiger partial charge < -0.3 is 65.8 Å². The van der Waals surface area contributed by atoms with Crippen LogP contribution in [0.3, 0.4) is 0 Å². The lowest BCUT2D eigenvalue weighted by molar-refractivity contribution is -0.173. The third kappa shape index (κ3) is 20.4. The molecule has 1 rings (SSSR count). The van der Waals surface area contributed by atoms with Gasteiger partial charge in [-0.2, -0.15) is 0 Å². The number of likely N-dealkylation sites (N-methyl/N-ethyl adjacent to an activating group) is 7. The van der Waals surface area contributed by atoms with Crippen molar-refractivity contribution in [2.75, 3.05) is 55.9 Å². The Hall–Kier alpha value is -6.17. The Morgan fingerprint density at radius 3 is 1.39 bits per heavy atom. The summed E-state index contributed by atoms with van der Waals surface area (Å²) in [7, 11) is 9.61. The molecule has 1 unspecified atom stereocenters. The Labute approximate surface area is 526 Å². The predicted octanol–water partition coefficient (Wildman–Crippen LogP) is 3.02. The molecule has 88 heavy (non-hydrogen) atoms. The quantitative estimate of drug-likeness (QED) is 0.121. The van der Waals surface area contributed by atoms with Crippen molar-refractivity contribution in [1.82, 2.24) is 55.6 Å². The molecule has 24 heteroatoms. The maximum Gasteiger partial charge on any atom is 0.252 e. The molecule has 0 radical (unpaired) electrons. The van der Waals surface area contributed by atoms with Crippen molar-refractivity contribution in [1.29, 1.82) is 0 Å². The lowest BCUT2D eigenvalue weighted by Crippen LogP contribution is -2.72. The second-order valence-corrected chi connectivity index (χ2v) is 27.0. The number of allylic oxidation sites excluding steroid dienone is 2. The number of rotatable bonds is 16. The summed E-state index contributed by atoms with van der Waals surface area (Å²) in [4.78, 5) is 170. The molecule has 1 fully saturated rings. The number of amides is 11. The van der Waals surface area contributed by atoms with E-state index in [0.29, 0.717) is 0 Å². The molecule has 1 heterocycles. The molecular formula is C64H115N11O13. The lowest BCUT2D eigenvalue weighted by Gasteiger charge is -2.50. The Kier molecular flexibility index (Phi) is 32.0. The first-order chi connectivity index (χ1) is 40.5. The second-order valence-electron chi connectivity index (χ2n) is 27.0. The number of nitrogens with one attached hydrogen (secondary N) is 4. The summed E-state index contributed by atoms with van der Waals surface area (Å²) >= 11 is 0. The smallest absolute Gasteiger partial charge is 0.252 e. The number of carbonyl (C=O) groups excluding carboxylic acids is 11. The van der Waals surface area contributed by atoms with Crippen LogP contribution in [-0.4, -0.2) is 237 Å². The van der Waals surface area contributed by atoms with Crippen molar-refractivity contribution in [3.8, 4) is 0 Å². The van der Waals surface area contributed by atoms with Crippen LogP contribution < -0.4 is 21.3 Å². The highest BCUT2D eigenvalue weighted by Gasteiger charge is 2.56. The molecule has 0 bridgehead atoms. The topological polar surface area (TPSA) is 299 Å². The van der Waals surface area contributed by atoms with Crippen LogP contribution in [0.2, 0.25) is 0 Å². The van der Waals surface area contributed by atoms with E-state index in [1.165, 1.54) is 89.7 Å². The lowest BCUT2D eigenvalue weighted by atomic mass is 9.77. The van der Waals surface area contributed by atoms with Crippen LogP contribution in [0.15, 0.2) is 12.2 Å². The fourth-order valence-corrected chi connectivity index (χ4v) is 11.6. The average molecular weight is 1250 g/mol. The van der Waals surface area contributed by atoms with Crippen LogP contribution in [0, 0.1) is 41.4 Å². The first kappa shape index (κ1) is 79.8. The molecule has 0 aromatic carbocycles. The molecule has 0 aromatic rings. The SMILES string of the molecule is C/C=C/C[C@@H](C)[C@@H](O)[C@H]1C(=O)N[C@@H](CC)C(=O)N(C)CC(=O)N(C)[C@@H](CC(C)C)C(=O)N[C@@H](C(C)C)C(=O)N(C)[C@@H](CC(C)C)C(=O)N[C@@H](C)C(=O)N[C@H](C)C(=O)N(C)[C@@H](CC(C)C)C(=O)N(C)[C@@H](CC(C)C)C(=O)N(C)[C@@](C(C)C)(C(C)O)C(=O)N1C. The molecule has 6 N–H and O–H groups in total. The molecule has 24 nitrogen and oxygen atoms in total. The average Bonchev–Trinajstić information content (AvgIpc) is 0.845. The molecule has 0 spiro atoms. The van der Waals surface area contributed by atoms with Gasteiger partial charge in [0.05, 0.1) is 18.8 Å². The van der Waals surface area contributed by atoms with Gasteiger partial charge in [-0.15, -0.1) is 0 Å². The van der Waals surface area contributed by atoms with Gasteiger partial charge in [0.15, 0.2) is 0 Å². The van der Waals surface area contributed by atoms with E-state index in [4.69, 9.17) is 0 Å². The van der Waals surface area contributed by atoms with Gasteiger partial charge in [0, 0.05) is 49.3 Å². The Morgan fingerprint density at radius 1 is 0.511 bits per heavy atom. The zero-order valence-electron chi connectivity index (χ0n) is 58.0. The van der Waals surface area contributed by atoms with E-state index in [1.807, 2.05) is 55.4 Å². The fraction of sp³-hybridized carbons (Fsp3) is 0.797. The minimum atomic E-state index is -2.19. The summed E-state index contributed by atoms with van der Waals surface area (Å²) in [5.41, 5.74) is -2.19. The van der Waals surface area contributed by atoms with E-state index in [1.54, 1.807) is 60.6 Å². The molecular weight excluding hydrogens is 1130 g/mol. The zero-order chi connectivity index (χ0) is 68.5. The number of hydrogen-bond acceptors (Lipinski definition) is 13. The summed E-state index contributed by atoms with van der Waals surface area (Å²) in [6, 6.07) is -11.6. The van der Waals surface area contributed by atoms with Crippen LogP contribution >= 0.6 is 0 Å². The standard InChI is InChI=1S/C64H115N11O13/c1-26-28-29-41(15)53(78)52-57(82)67-45(27-2)59(84)69(19)34-50(77)70(20)46(30-35(3)4)56(81)68-51(39(11)12)62(87)71(21)47(31-36(5)6)55(80)65-42(16)54(79)66-43(17)58(83)72(22)48(32-37(7)8)60(85)73(23)49(33-38(9)10)61(86)75(25)64(40(13)14,44(18)76)63(88)74(52)24/h26,28,35-49,51-53,76,78H,27,29-34H2,1-25H3,(H,65,80)(H,66,79)(H,67,82)(H,68,81)/b28-26+/t41-,42+,43-,44?,45+,46+,47+,48+,49+,51+,52+,53-,64+/m1/s1. The number of nitrogens with zero attached hydrogens (tertiary/aromatic N) is 7. The normalized spacial score (nSPS) is 27.6. The van der Waals surface area contributed by atoms with Gasteiger partial charge in [-0.1, -0.05) is 109 Å². The minimum Gasteiger partial charge on any atom is -0.390 e. The molecule has 0 saturated carbocycles. The Bertz CT molecular complexity index is 2420. The molecule has 1 aliphatic heterocycles. The molecule has 0 aromatic heterocycles. The van der Waals surface area contributed by atoms with E-state index in [0.717, 1.165) is 14.7 Å². The van der Waals surface area contributed by atoms with E-state index < -0.39 is 161 Å². The summed E-state index contributed by atoms with van der Waals surface area (Å²) in [6.45, 7) is 30.1. The van der Waals surface area contributed by atoms with Gasteiger partial charge >= 0.3 is 0 Å². The summed E-state index contributed by atoms with van der Waals surface area (Å²) in [6.07, 6.45) is 0.951. The number of carbonyl (C=O) groups is 11. The number of hydrogen-bond donors (Lipinski definition) is 6. The Balaban J connectivity index is 4.48. The summed E-state index contributed by atoms with van der Waals surface area (Å²) < 4.78 is 0. The highest BCUT2D eigenvalue weighted by Crippen LogP contribution is 2.34. The van der Waals surface area contributed by atoms with E-state index in [-0.39, 0.29) is 62.2 Å². The maximum atomic E-state index is 15.7. The van der Waals surface area contributed by atoms with Crippen molar-refractivity contribution in [3.63, 3.8) is 0 Å². The monoisotopic (exact) mass is 1250 g/mol. The van der Waals surface area contributed by atoms with Crippen LogP contribution in [0.5, 0.6) is 0 Å². The Morgan fingerprint density at radius 2 is 0.943 bits per heavy atom. The number of aliphatic hydroxyl groups is 2. The largest absolute Gasteiger partial charge is 0.390 e. The van der Waals surface area contributed by atoms with Gasteiger partial charge in [0.2, 0.25) is 59.1 Å². The van der Waals surface area contributed by atoms with Gasteiger partial charge in [-0.25, -0.2) is 0 Å². The first-order valence-electron chi connectivity index (χ1n) is 31.6. The van der Waals surface area contributed by atoms with Crippen molar-refractivity contribution in [2.45, 2.75) is 235 Å². The fourth-order valence-electron chi connectivity index (χ4n) is 11.6. The van der Waals surface area contributed by atoms with E-state index >= 15 is 19.2 Å². The van der Waals surface area contributed by atoms with Crippen LogP contribution in [0.4, 0.5) is 0 Å². The van der Waals surface area contributed by atoms with Crippen LogP contribution in [0.25, 0.3) is 0 Å². The van der Waals surface area contributed by atoms with Crippen LogP contribution in [0.1, 0.15) is 163 Å². The third-order valence-corrected chi connectivity index (χ3v) is 17.1. The molecule has 1 aliphatic rings. The highest BCUT2D eigenvalue weighted by atomic mass is 16.3. The zero-order valence-corrected chi connectivity index (χ0v) is 58.0. The highest BCUT2D eigenvalue weighted by molar-refractivity contribution is 6.00. The molecule has 11 amide bonds. The van der Waals surface area contributed by atoms with Gasteiger partial charge in [-0.3, -0.25) is 52.7 Å². The first-order valence-corrected chi connectivity index (χ1v) is 31.6. The maximum absolute atomic E-state index is 15.7. The molecule has 1 saturated heterocycles. The molecule has 13 atom stereocenters. The predicted molar refractivity (Wildman–Crippen MR) is 339 cm³/mol. The summed E-state index contributed by atoms with van der Waals surface area (Å²) in [5, 5.41) is 35.2. The van der Waals surface area contributed by atoms with Crippen molar-refractivity contribution >= 4 is 65.0 Å². The van der Waals surface area contributed by atoms with Gasteiger partial charge in [-0.05, 0) is 108 Å². The third-order valence-electron chi connectivity index (χ3n) is 17.1. The van der Waals surface area contributed by atoms with Crippen LogP contribution in [-0.2, 0) is 52.7 Å². The van der Waals surface area contributed by atoms with Gasteiger partial charge in [0.25, 0.3) is 5.91 Å². The van der Waals surface area contributed by atoms with Gasteiger partial charge in [0.1, 0.15) is 59.9 Å². The minimum absolute atomic E-state index is 0.0238. The van der Waals surface area contributed by atoms with Crippen molar-refractivity contribution in [2.24, 2.45) is 41.4 Å². The van der Waals surface area contributed by atoms with E-state index in [2.05, 4.69) is 21.3 Å². The second kappa shape index (κ2) is 35.3. The van der Waals surface area contributed by atoms with E-state index in [9.17, 15) is 43.8 Å². The molecule has 504 valence electrons. The van der Waals surface area contributed by atoms with Crippen molar-refractivity contribution < 1.29 is 63.0 Å². The van der Waals surface area contributed by atoms with Crippen molar-refractivity contribution in [3.05, 3.63) is 12.2 Å². The number of aliphatic hydroxyl groups excluding tert-OH is 2.